The first-order valence-electron chi connectivity index (χ1n) is 14.8. The largest absolute Gasteiger partial charge is 0.497 e. The second kappa shape index (κ2) is 16.5. The number of methoxy groups -OCH3 is 2. The summed E-state index contributed by atoms with van der Waals surface area (Å²) in [6, 6.07) is 14.5. The van der Waals surface area contributed by atoms with Crippen LogP contribution in [0, 0.1) is 0 Å². The maximum absolute atomic E-state index is 12.2. The third-order valence-corrected chi connectivity index (χ3v) is 9.48. The minimum atomic E-state index is 0. The second-order valence-corrected chi connectivity index (χ2v) is 11.7. The van der Waals surface area contributed by atoms with Gasteiger partial charge in [0, 0.05) is 35.3 Å². The maximum atomic E-state index is 12.2. The van der Waals surface area contributed by atoms with Crippen LogP contribution in [0.4, 0.5) is 0 Å². The summed E-state index contributed by atoms with van der Waals surface area (Å²) in [6.45, 7) is 6.32. The molecule has 4 N–H and O–H groups in total. The SMILES string of the molecule is COc1ccc(C(=O)NCC23CCCN2CCC3)cc1.COc1ccc(C(=O)NCC23CCCN2CCC3)cc1.Cl.Cl.O. The van der Waals surface area contributed by atoms with Crippen LogP contribution in [0.1, 0.15) is 72.1 Å². The van der Waals surface area contributed by atoms with E-state index in [1.165, 1.54) is 77.5 Å². The van der Waals surface area contributed by atoms with E-state index >= 15 is 0 Å². The molecule has 2 amide bonds. The van der Waals surface area contributed by atoms with Gasteiger partial charge in [0.25, 0.3) is 11.8 Å². The van der Waals surface area contributed by atoms with E-state index in [1.54, 1.807) is 14.2 Å². The van der Waals surface area contributed by atoms with E-state index in [2.05, 4.69) is 20.4 Å². The zero-order valence-electron chi connectivity index (χ0n) is 25.4. The lowest BCUT2D eigenvalue weighted by Crippen LogP contribution is -2.48. The number of nitrogens with zero attached hydrogens (tertiary/aromatic N) is 2. The summed E-state index contributed by atoms with van der Waals surface area (Å²) in [4.78, 5) is 29.5. The molecule has 0 atom stereocenters. The molecular formula is C32H48Cl2N4O5. The minimum Gasteiger partial charge on any atom is -0.497 e. The molecule has 0 aromatic heterocycles. The summed E-state index contributed by atoms with van der Waals surface area (Å²) in [7, 11) is 3.26. The fourth-order valence-corrected chi connectivity index (χ4v) is 7.21. The Labute approximate surface area is 268 Å². The van der Waals surface area contributed by atoms with Gasteiger partial charge in [-0.15, -0.1) is 24.8 Å². The molecule has 0 bridgehead atoms. The van der Waals surface area contributed by atoms with Gasteiger partial charge in [-0.25, -0.2) is 0 Å². The highest BCUT2D eigenvalue weighted by Gasteiger charge is 2.45. The molecule has 2 aromatic rings. The molecule has 43 heavy (non-hydrogen) atoms. The van der Waals surface area contributed by atoms with Gasteiger partial charge in [-0.05, 0) is 126 Å². The topological polar surface area (TPSA) is 115 Å². The van der Waals surface area contributed by atoms with Gasteiger partial charge in [-0.3, -0.25) is 19.4 Å². The summed E-state index contributed by atoms with van der Waals surface area (Å²) in [5.41, 5.74) is 1.87. The molecule has 2 aromatic carbocycles. The van der Waals surface area contributed by atoms with Gasteiger partial charge in [-0.2, -0.15) is 0 Å². The van der Waals surface area contributed by atoms with Crippen LogP contribution in [0.3, 0.4) is 0 Å². The van der Waals surface area contributed by atoms with Crippen LogP contribution in [0.2, 0.25) is 0 Å². The molecule has 4 aliphatic heterocycles. The summed E-state index contributed by atoms with van der Waals surface area (Å²) >= 11 is 0. The lowest BCUT2D eigenvalue weighted by molar-refractivity contribution is 0.0912. The molecule has 6 rings (SSSR count). The molecule has 0 aliphatic carbocycles. The minimum absolute atomic E-state index is 0. The first kappa shape index (κ1) is 36.6. The maximum Gasteiger partial charge on any atom is 0.251 e. The summed E-state index contributed by atoms with van der Waals surface area (Å²) in [6.07, 6.45) is 9.92. The predicted molar refractivity (Wildman–Crippen MR) is 174 cm³/mol. The Morgan fingerprint density at radius 1 is 0.628 bits per heavy atom. The Hall–Kier alpha value is -2.56. The van der Waals surface area contributed by atoms with Crippen LogP contribution in [0.5, 0.6) is 11.5 Å². The normalized spacial score (nSPS) is 19.2. The molecule has 4 aliphatic rings. The number of fused-ring (bicyclic) bond motifs is 2. The van der Waals surface area contributed by atoms with E-state index in [0.717, 1.165) is 24.6 Å². The Morgan fingerprint density at radius 3 is 1.21 bits per heavy atom. The average molecular weight is 640 g/mol. The third kappa shape index (κ3) is 8.34. The number of halogens is 2. The molecular weight excluding hydrogens is 591 g/mol. The molecule has 0 radical (unpaired) electrons. The summed E-state index contributed by atoms with van der Waals surface area (Å²) in [5, 5.41) is 6.24. The second-order valence-electron chi connectivity index (χ2n) is 11.7. The van der Waals surface area contributed by atoms with Crippen LogP contribution in [0.15, 0.2) is 48.5 Å². The van der Waals surface area contributed by atoms with Crippen molar-refractivity contribution in [2.75, 3.05) is 53.5 Å². The zero-order chi connectivity index (χ0) is 28.0. The molecule has 0 unspecified atom stereocenters. The van der Waals surface area contributed by atoms with E-state index in [4.69, 9.17) is 9.47 Å². The molecule has 4 heterocycles. The first-order valence-corrected chi connectivity index (χ1v) is 14.8. The van der Waals surface area contributed by atoms with Gasteiger partial charge in [0.2, 0.25) is 0 Å². The van der Waals surface area contributed by atoms with Crippen LogP contribution >= 0.6 is 24.8 Å². The van der Waals surface area contributed by atoms with Crippen LogP contribution in [0.25, 0.3) is 0 Å². The molecule has 0 saturated carbocycles. The van der Waals surface area contributed by atoms with Crippen molar-refractivity contribution in [3.63, 3.8) is 0 Å². The van der Waals surface area contributed by atoms with Crippen molar-refractivity contribution in [2.45, 2.75) is 62.4 Å². The quantitative estimate of drug-likeness (QED) is 0.449. The van der Waals surface area contributed by atoms with Crippen molar-refractivity contribution >= 4 is 36.6 Å². The Bertz CT molecular complexity index is 1050. The van der Waals surface area contributed by atoms with Gasteiger partial charge >= 0.3 is 0 Å². The Morgan fingerprint density at radius 2 is 0.930 bits per heavy atom. The third-order valence-electron chi connectivity index (χ3n) is 9.48. The van der Waals surface area contributed by atoms with Gasteiger partial charge in [0.05, 0.1) is 14.2 Å². The highest BCUT2D eigenvalue weighted by atomic mass is 35.5. The van der Waals surface area contributed by atoms with Crippen molar-refractivity contribution in [3.05, 3.63) is 59.7 Å². The predicted octanol–water partition coefficient (Wildman–Crippen LogP) is 4.13. The first-order chi connectivity index (χ1) is 19.5. The van der Waals surface area contributed by atoms with Gasteiger partial charge in [-0.1, -0.05) is 0 Å². The van der Waals surface area contributed by atoms with Crippen molar-refractivity contribution in [3.8, 4) is 11.5 Å². The highest BCUT2D eigenvalue weighted by molar-refractivity contribution is 5.94. The Kier molecular flexibility index (Phi) is 14.1. The zero-order valence-corrected chi connectivity index (χ0v) is 27.0. The van der Waals surface area contributed by atoms with Crippen molar-refractivity contribution in [2.24, 2.45) is 0 Å². The van der Waals surface area contributed by atoms with Crippen molar-refractivity contribution in [1.29, 1.82) is 0 Å². The molecule has 9 nitrogen and oxygen atoms in total. The monoisotopic (exact) mass is 638 g/mol. The number of ether oxygens (including phenoxy) is 2. The number of amides is 2. The molecule has 0 spiro atoms. The average Bonchev–Trinajstić information content (AvgIpc) is 3.76. The number of carbonyl (C=O) groups excluding carboxylic acids is 2. The Balaban J connectivity index is 0.000000281. The number of hydrogen-bond acceptors (Lipinski definition) is 6. The van der Waals surface area contributed by atoms with Gasteiger partial charge in [0.15, 0.2) is 0 Å². The number of carbonyl (C=O) groups is 2. The van der Waals surface area contributed by atoms with E-state index in [1.807, 2.05) is 48.5 Å². The molecule has 11 heteroatoms. The lowest BCUT2D eigenvalue weighted by Gasteiger charge is -2.32. The lowest BCUT2D eigenvalue weighted by atomic mass is 9.94. The fraction of sp³-hybridized carbons (Fsp3) is 0.562. The van der Waals surface area contributed by atoms with Gasteiger partial charge < -0.3 is 25.6 Å². The van der Waals surface area contributed by atoms with Crippen LogP contribution in [-0.4, -0.2) is 91.7 Å². The molecule has 4 fully saturated rings. The van der Waals surface area contributed by atoms with Crippen molar-refractivity contribution in [1.82, 2.24) is 20.4 Å². The van der Waals surface area contributed by atoms with Crippen molar-refractivity contribution < 1.29 is 24.5 Å². The summed E-state index contributed by atoms with van der Waals surface area (Å²) in [5.74, 6) is 1.58. The number of hydrogen-bond donors (Lipinski definition) is 2. The van der Waals surface area contributed by atoms with E-state index in [9.17, 15) is 9.59 Å². The highest BCUT2D eigenvalue weighted by Crippen LogP contribution is 2.39. The molecule has 4 saturated heterocycles. The van der Waals surface area contributed by atoms with Gasteiger partial charge in [0.1, 0.15) is 11.5 Å². The summed E-state index contributed by atoms with van der Waals surface area (Å²) < 4.78 is 10.2. The van der Waals surface area contributed by atoms with E-state index in [-0.39, 0.29) is 53.2 Å². The van der Waals surface area contributed by atoms with E-state index in [0.29, 0.717) is 11.1 Å². The number of benzene rings is 2. The smallest absolute Gasteiger partial charge is 0.251 e. The van der Waals surface area contributed by atoms with E-state index < -0.39 is 0 Å². The standard InChI is InChI=1S/2C16H22N2O2.2ClH.H2O/c2*1-20-14-6-4-13(5-7-14)15(19)17-12-16-8-2-10-18(16)11-3-9-16;;;/h2*4-7H,2-3,8-12H2,1H3,(H,17,19);2*1H;1H2. The fourth-order valence-electron chi connectivity index (χ4n) is 7.21. The number of nitrogens with one attached hydrogen (secondary N) is 2. The molecule has 240 valence electrons. The van der Waals surface area contributed by atoms with Crippen LogP contribution in [-0.2, 0) is 0 Å². The number of rotatable bonds is 8. The van der Waals surface area contributed by atoms with Crippen LogP contribution < -0.4 is 20.1 Å².